The van der Waals surface area contributed by atoms with Crippen molar-refractivity contribution in [2.45, 2.75) is 24.8 Å². The molecule has 6 nitrogen and oxygen atoms in total. The first kappa shape index (κ1) is 16.6. The van der Waals surface area contributed by atoms with Crippen molar-refractivity contribution >= 4 is 16.0 Å². The number of carbonyl (C=O) groups is 1. The Morgan fingerprint density at radius 2 is 2.05 bits per heavy atom. The molecule has 112 valence electrons. The minimum absolute atomic E-state index is 0.00954. The van der Waals surface area contributed by atoms with Gasteiger partial charge in [0, 0.05) is 12.6 Å². The number of sulfonamides is 1. The Labute approximate surface area is 119 Å². The Balaban J connectivity index is 3.04. The number of hydrogen-bond acceptors (Lipinski definition) is 5. The highest BCUT2D eigenvalue weighted by Gasteiger charge is 2.18. The molecule has 20 heavy (non-hydrogen) atoms. The molecule has 0 saturated heterocycles. The van der Waals surface area contributed by atoms with E-state index in [9.17, 15) is 13.2 Å². The molecule has 0 radical (unpaired) electrons. The van der Waals surface area contributed by atoms with Crippen LogP contribution in [0.5, 0.6) is 0 Å². The Hall–Kier alpha value is -1.44. The Morgan fingerprint density at radius 3 is 2.60 bits per heavy atom. The highest BCUT2D eigenvalue weighted by molar-refractivity contribution is 7.89. The van der Waals surface area contributed by atoms with E-state index < -0.39 is 16.0 Å². The van der Waals surface area contributed by atoms with E-state index in [0.29, 0.717) is 5.56 Å². The van der Waals surface area contributed by atoms with E-state index in [1.165, 1.54) is 19.2 Å². The van der Waals surface area contributed by atoms with Crippen molar-refractivity contribution in [3.8, 4) is 0 Å². The zero-order chi connectivity index (χ0) is 15.3. The van der Waals surface area contributed by atoms with Crippen LogP contribution < -0.4 is 10.0 Å². The summed E-state index contributed by atoms with van der Waals surface area (Å²) >= 11 is 0. The Kier molecular flexibility index (Phi) is 5.67. The van der Waals surface area contributed by atoms with Crippen molar-refractivity contribution in [1.29, 1.82) is 0 Å². The molecule has 0 amide bonds. The molecule has 0 saturated carbocycles. The summed E-state index contributed by atoms with van der Waals surface area (Å²) in [6.07, 6.45) is 0. The molecule has 0 aromatic heterocycles. The van der Waals surface area contributed by atoms with Gasteiger partial charge in [0.05, 0.1) is 17.6 Å². The van der Waals surface area contributed by atoms with Crippen LogP contribution in [0.2, 0.25) is 0 Å². The van der Waals surface area contributed by atoms with Crippen LogP contribution in [-0.4, -0.2) is 41.1 Å². The fourth-order valence-electron chi connectivity index (χ4n) is 1.52. The molecule has 0 bridgehead atoms. The van der Waals surface area contributed by atoms with Crippen LogP contribution in [0, 0.1) is 6.92 Å². The molecular weight excluding hydrogens is 280 g/mol. The standard InChI is InChI=1S/C13H20N2O4S/c1-9-5-6-11(7-12(9)13(16)19-4)20(17,18)15-8-10(2)14-3/h5-7,10,14-15H,8H2,1-4H3. The van der Waals surface area contributed by atoms with Gasteiger partial charge < -0.3 is 10.1 Å². The molecule has 1 rings (SSSR count). The number of ether oxygens (including phenoxy) is 1. The predicted octanol–water partition coefficient (Wildman–Crippen LogP) is 0.668. The van der Waals surface area contributed by atoms with Crippen molar-refractivity contribution in [2.24, 2.45) is 0 Å². The maximum atomic E-state index is 12.1. The van der Waals surface area contributed by atoms with E-state index in [0.717, 1.165) is 0 Å². The summed E-state index contributed by atoms with van der Waals surface area (Å²) in [4.78, 5) is 11.6. The summed E-state index contributed by atoms with van der Waals surface area (Å²) in [5, 5.41) is 2.94. The largest absolute Gasteiger partial charge is 0.465 e. The fraction of sp³-hybridized carbons (Fsp3) is 0.462. The van der Waals surface area contributed by atoms with E-state index in [1.54, 1.807) is 20.0 Å². The lowest BCUT2D eigenvalue weighted by Gasteiger charge is -2.13. The highest BCUT2D eigenvalue weighted by atomic mass is 32.2. The van der Waals surface area contributed by atoms with Gasteiger partial charge in [0.1, 0.15) is 0 Å². The Bertz CT molecular complexity index is 584. The van der Waals surface area contributed by atoms with E-state index in [4.69, 9.17) is 0 Å². The number of hydrogen-bond donors (Lipinski definition) is 2. The number of methoxy groups -OCH3 is 1. The first-order valence-corrected chi connectivity index (χ1v) is 7.66. The minimum atomic E-state index is -3.64. The molecule has 1 aromatic carbocycles. The van der Waals surface area contributed by atoms with Crippen molar-refractivity contribution in [1.82, 2.24) is 10.0 Å². The van der Waals surface area contributed by atoms with Gasteiger partial charge in [-0.05, 0) is 38.6 Å². The van der Waals surface area contributed by atoms with Gasteiger partial charge in [0.25, 0.3) is 0 Å². The predicted molar refractivity (Wildman–Crippen MR) is 76.2 cm³/mol. The lowest BCUT2D eigenvalue weighted by molar-refractivity contribution is 0.0599. The van der Waals surface area contributed by atoms with Gasteiger partial charge in [-0.25, -0.2) is 17.9 Å². The maximum Gasteiger partial charge on any atom is 0.338 e. The van der Waals surface area contributed by atoms with Crippen LogP contribution in [0.15, 0.2) is 23.1 Å². The topological polar surface area (TPSA) is 84.5 Å². The third kappa shape index (κ3) is 4.03. The highest BCUT2D eigenvalue weighted by Crippen LogP contribution is 2.16. The smallest absolute Gasteiger partial charge is 0.338 e. The second-order valence-electron chi connectivity index (χ2n) is 4.51. The third-order valence-electron chi connectivity index (χ3n) is 3.00. The molecule has 2 N–H and O–H groups in total. The summed E-state index contributed by atoms with van der Waals surface area (Å²) in [6.45, 7) is 3.84. The van der Waals surface area contributed by atoms with Crippen molar-refractivity contribution in [3.63, 3.8) is 0 Å². The van der Waals surface area contributed by atoms with Gasteiger partial charge in [-0.1, -0.05) is 6.07 Å². The summed E-state index contributed by atoms with van der Waals surface area (Å²) < 4.78 is 31.4. The second-order valence-corrected chi connectivity index (χ2v) is 6.28. The molecule has 7 heteroatoms. The first-order chi connectivity index (χ1) is 9.31. The number of nitrogens with one attached hydrogen (secondary N) is 2. The molecule has 1 unspecified atom stereocenters. The van der Waals surface area contributed by atoms with Gasteiger partial charge in [-0.2, -0.15) is 0 Å². The zero-order valence-corrected chi connectivity index (χ0v) is 12.9. The third-order valence-corrected chi connectivity index (χ3v) is 4.42. The second kappa shape index (κ2) is 6.83. The van der Waals surface area contributed by atoms with Gasteiger partial charge in [0.2, 0.25) is 10.0 Å². The zero-order valence-electron chi connectivity index (χ0n) is 12.1. The Morgan fingerprint density at radius 1 is 1.40 bits per heavy atom. The summed E-state index contributed by atoms with van der Waals surface area (Å²) in [5.74, 6) is -0.553. The summed E-state index contributed by atoms with van der Waals surface area (Å²) in [7, 11) is -0.634. The quantitative estimate of drug-likeness (QED) is 0.754. The summed E-state index contributed by atoms with van der Waals surface area (Å²) in [6, 6.07) is 4.39. The van der Waals surface area contributed by atoms with Crippen molar-refractivity contribution in [3.05, 3.63) is 29.3 Å². The molecular formula is C13H20N2O4S. The number of benzene rings is 1. The maximum absolute atomic E-state index is 12.1. The first-order valence-electron chi connectivity index (χ1n) is 6.17. The number of aryl methyl sites for hydroxylation is 1. The number of esters is 1. The molecule has 0 aliphatic rings. The van der Waals surface area contributed by atoms with Crippen LogP contribution in [0.3, 0.4) is 0 Å². The number of carbonyl (C=O) groups excluding carboxylic acids is 1. The molecule has 0 aliphatic heterocycles. The SMILES string of the molecule is CNC(C)CNS(=O)(=O)c1ccc(C)c(C(=O)OC)c1. The normalized spacial score (nSPS) is 13.0. The molecule has 0 aliphatic carbocycles. The average molecular weight is 300 g/mol. The van der Waals surface area contributed by atoms with Crippen molar-refractivity contribution < 1.29 is 17.9 Å². The van der Waals surface area contributed by atoms with E-state index >= 15 is 0 Å². The minimum Gasteiger partial charge on any atom is -0.465 e. The number of likely N-dealkylation sites (N-methyl/N-ethyl adjacent to an activating group) is 1. The summed E-state index contributed by atoms with van der Waals surface area (Å²) in [5.41, 5.74) is 0.913. The van der Waals surface area contributed by atoms with Gasteiger partial charge in [-0.3, -0.25) is 0 Å². The van der Waals surface area contributed by atoms with E-state index in [1.807, 2.05) is 6.92 Å². The van der Waals surface area contributed by atoms with Crippen LogP contribution in [0.1, 0.15) is 22.8 Å². The fourth-order valence-corrected chi connectivity index (χ4v) is 2.67. The molecule has 0 heterocycles. The lowest BCUT2D eigenvalue weighted by atomic mass is 10.1. The van der Waals surface area contributed by atoms with Crippen LogP contribution in [0.25, 0.3) is 0 Å². The van der Waals surface area contributed by atoms with Gasteiger partial charge in [0.15, 0.2) is 0 Å². The van der Waals surface area contributed by atoms with E-state index in [-0.39, 0.29) is 23.0 Å². The van der Waals surface area contributed by atoms with Crippen LogP contribution >= 0.6 is 0 Å². The molecule has 1 atom stereocenters. The van der Waals surface area contributed by atoms with E-state index in [2.05, 4.69) is 14.8 Å². The average Bonchev–Trinajstić information content (AvgIpc) is 2.44. The molecule has 0 spiro atoms. The molecule has 1 aromatic rings. The lowest BCUT2D eigenvalue weighted by Crippen LogP contribution is -2.37. The number of rotatable bonds is 6. The van der Waals surface area contributed by atoms with Gasteiger partial charge >= 0.3 is 5.97 Å². The van der Waals surface area contributed by atoms with Crippen LogP contribution in [-0.2, 0) is 14.8 Å². The van der Waals surface area contributed by atoms with Crippen molar-refractivity contribution in [2.75, 3.05) is 20.7 Å². The van der Waals surface area contributed by atoms with Crippen LogP contribution in [0.4, 0.5) is 0 Å². The van der Waals surface area contributed by atoms with Gasteiger partial charge in [-0.15, -0.1) is 0 Å². The molecule has 0 fully saturated rings. The monoisotopic (exact) mass is 300 g/mol.